The number of piperidine rings is 1. The van der Waals surface area contributed by atoms with Crippen molar-refractivity contribution in [3.63, 3.8) is 0 Å². The lowest BCUT2D eigenvalue weighted by atomic mass is 9.71. The van der Waals surface area contributed by atoms with Crippen LogP contribution in [0.3, 0.4) is 0 Å². The summed E-state index contributed by atoms with van der Waals surface area (Å²) in [5.41, 5.74) is -0.117. The first-order chi connectivity index (χ1) is 9.74. The van der Waals surface area contributed by atoms with Crippen molar-refractivity contribution in [2.75, 3.05) is 13.1 Å². The highest BCUT2D eigenvalue weighted by Crippen LogP contribution is 2.40. The van der Waals surface area contributed by atoms with Crippen LogP contribution in [0.5, 0.6) is 0 Å². The fourth-order valence-corrected chi connectivity index (χ4v) is 3.12. The molecule has 7 heteroatoms. The minimum absolute atomic E-state index is 0.306. The lowest BCUT2D eigenvalue weighted by Gasteiger charge is -2.40. The first kappa shape index (κ1) is 16.9. The van der Waals surface area contributed by atoms with Crippen molar-refractivity contribution in [1.82, 2.24) is 5.32 Å². The number of hydrogen-bond acceptors (Lipinski definition) is 2. The Bertz CT molecular complexity index is 501. The zero-order valence-corrected chi connectivity index (χ0v) is 12.7. The van der Waals surface area contributed by atoms with Crippen molar-refractivity contribution in [1.29, 1.82) is 0 Å². The van der Waals surface area contributed by atoms with Crippen molar-refractivity contribution in [3.8, 4) is 0 Å². The molecule has 1 aromatic carbocycles. The Hall–Kier alpha value is -0.490. The summed E-state index contributed by atoms with van der Waals surface area (Å²) in [4.78, 5) is 0. The number of rotatable bonds is 3. The molecule has 1 fully saturated rings. The molecule has 2 rings (SSSR count). The SMILES string of the molecule is O[C@@H](C[C@]1(c2ccc(Cl)c(Cl)c2)CCCNC1)C(F)(F)F. The molecule has 0 aromatic heterocycles. The minimum Gasteiger partial charge on any atom is -0.384 e. The van der Waals surface area contributed by atoms with Gasteiger partial charge in [-0.15, -0.1) is 0 Å². The molecule has 0 saturated carbocycles. The first-order valence-corrected chi connectivity index (χ1v) is 7.41. The van der Waals surface area contributed by atoms with Crippen molar-refractivity contribution >= 4 is 23.2 Å². The van der Waals surface area contributed by atoms with E-state index in [-0.39, 0.29) is 6.42 Å². The molecule has 0 spiro atoms. The van der Waals surface area contributed by atoms with Crippen molar-refractivity contribution in [3.05, 3.63) is 33.8 Å². The number of nitrogens with one attached hydrogen (secondary N) is 1. The van der Waals surface area contributed by atoms with Crippen LogP contribution in [-0.2, 0) is 5.41 Å². The van der Waals surface area contributed by atoms with Gasteiger partial charge in [0, 0.05) is 12.0 Å². The van der Waals surface area contributed by atoms with E-state index in [2.05, 4.69) is 5.32 Å². The number of alkyl halides is 3. The normalized spacial score (nSPS) is 24.9. The molecule has 0 aliphatic carbocycles. The average molecular weight is 342 g/mol. The topological polar surface area (TPSA) is 32.3 Å². The van der Waals surface area contributed by atoms with Gasteiger partial charge in [0.05, 0.1) is 10.0 Å². The fraction of sp³-hybridized carbons (Fsp3) is 0.571. The summed E-state index contributed by atoms with van der Waals surface area (Å²) in [6.45, 7) is 1.13. The van der Waals surface area contributed by atoms with E-state index >= 15 is 0 Å². The molecule has 1 heterocycles. The number of aliphatic hydroxyl groups is 1. The molecule has 1 aliphatic rings. The van der Waals surface area contributed by atoms with E-state index in [1.165, 1.54) is 0 Å². The third-order valence-corrected chi connectivity index (χ3v) is 4.71. The van der Waals surface area contributed by atoms with Crippen molar-refractivity contribution in [2.24, 2.45) is 0 Å². The van der Waals surface area contributed by atoms with Gasteiger partial charge in [0.15, 0.2) is 6.10 Å². The van der Waals surface area contributed by atoms with Crippen LogP contribution in [0.25, 0.3) is 0 Å². The molecule has 0 bridgehead atoms. The molecular weight excluding hydrogens is 326 g/mol. The van der Waals surface area contributed by atoms with Gasteiger partial charge in [-0.3, -0.25) is 0 Å². The van der Waals surface area contributed by atoms with Gasteiger partial charge in [0.25, 0.3) is 0 Å². The zero-order chi connectivity index (χ0) is 15.7. The van der Waals surface area contributed by atoms with Gasteiger partial charge in [-0.05, 0) is 43.5 Å². The van der Waals surface area contributed by atoms with E-state index in [0.29, 0.717) is 28.6 Å². The van der Waals surface area contributed by atoms with Crippen LogP contribution in [0.1, 0.15) is 24.8 Å². The summed E-state index contributed by atoms with van der Waals surface area (Å²) < 4.78 is 38.1. The maximum absolute atomic E-state index is 12.7. The van der Waals surface area contributed by atoms with E-state index in [1.54, 1.807) is 18.2 Å². The first-order valence-electron chi connectivity index (χ1n) is 6.66. The predicted octanol–water partition coefficient (Wildman–Crippen LogP) is 3.93. The smallest absolute Gasteiger partial charge is 0.384 e. The number of hydrogen-bond donors (Lipinski definition) is 2. The molecule has 2 atom stereocenters. The van der Waals surface area contributed by atoms with Gasteiger partial charge < -0.3 is 10.4 Å². The van der Waals surface area contributed by atoms with E-state index in [9.17, 15) is 18.3 Å². The summed E-state index contributed by atoms with van der Waals surface area (Å²) in [5, 5.41) is 13.3. The molecule has 1 aliphatic heterocycles. The Labute approximate surface area is 131 Å². The van der Waals surface area contributed by atoms with Crippen LogP contribution in [0.2, 0.25) is 10.0 Å². The molecule has 0 unspecified atom stereocenters. The molecule has 1 saturated heterocycles. The lowest BCUT2D eigenvalue weighted by molar-refractivity contribution is -0.210. The minimum atomic E-state index is -4.62. The second-order valence-corrected chi connectivity index (χ2v) is 6.27. The van der Waals surface area contributed by atoms with Gasteiger partial charge in [0.2, 0.25) is 0 Å². The van der Waals surface area contributed by atoms with Crippen LogP contribution in [0.4, 0.5) is 13.2 Å². The Balaban J connectivity index is 2.34. The van der Waals surface area contributed by atoms with Gasteiger partial charge in [-0.1, -0.05) is 29.3 Å². The highest BCUT2D eigenvalue weighted by atomic mass is 35.5. The molecule has 0 radical (unpaired) electrons. The fourth-order valence-electron chi connectivity index (χ4n) is 2.82. The van der Waals surface area contributed by atoms with Crippen molar-refractivity contribution in [2.45, 2.75) is 37.0 Å². The highest BCUT2D eigenvalue weighted by Gasteiger charge is 2.45. The molecule has 1 aromatic rings. The quantitative estimate of drug-likeness (QED) is 0.873. The van der Waals surface area contributed by atoms with Gasteiger partial charge >= 0.3 is 6.18 Å². The molecule has 118 valence electrons. The van der Waals surface area contributed by atoms with Crippen LogP contribution in [-0.4, -0.2) is 30.5 Å². The second-order valence-electron chi connectivity index (χ2n) is 5.45. The summed E-state index contributed by atoms with van der Waals surface area (Å²) >= 11 is 11.9. The third kappa shape index (κ3) is 3.83. The van der Waals surface area contributed by atoms with E-state index in [4.69, 9.17) is 23.2 Å². The van der Waals surface area contributed by atoms with E-state index < -0.39 is 17.7 Å². The summed E-state index contributed by atoms with van der Waals surface area (Å²) in [5.74, 6) is 0. The Morgan fingerprint density at radius 3 is 2.52 bits per heavy atom. The highest BCUT2D eigenvalue weighted by molar-refractivity contribution is 6.42. The Morgan fingerprint density at radius 2 is 2.00 bits per heavy atom. The number of benzene rings is 1. The Kier molecular flexibility index (Phi) is 5.08. The number of halogens is 5. The Morgan fingerprint density at radius 1 is 1.29 bits per heavy atom. The maximum atomic E-state index is 12.7. The summed E-state index contributed by atoms with van der Waals surface area (Å²) in [6.07, 6.45) is -6.07. The van der Waals surface area contributed by atoms with Gasteiger partial charge in [-0.2, -0.15) is 13.2 Å². The maximum Gasteiger partial charge on any atom is 0.414 e. The van der Waals surface area contributed by atoms with E-state index in [1.807, 2.05) is 0 Å². The summed E-state index contributed by atoms with van der Waals surface area (Å²) in [6, 6.07) is 4.86. The molecule has 21 heavy (non-hydrogen) atoms. The van der Waals surface area contributed by atoms with Gasteiger partial charge in [0.1, 0.15) is 0 Å². The second kappa shape index (κ2) is 6.32. The molecule has 0 amide bonds. The van der Waals surface area contributed by atoms with Crippen LogP contribution < -0.4 is 5.32 Å². The largest absolute Gasteiger partial charge is 0.414 e. The number of aliphatic hydroxyl groups excluding tert-OH is 1. The standard InChI is InChI=1S/C14H16Cl2F3NO/c15-10-3-2-9(6-11(10)16)13(4-1-5-20-8-13)7-12(21)14(17,18)19/h2-3,6,12,20-21H,1,4-5,7-8H2/t12-,13+/m0/s1. The lowest BCUT2D eigenvalue weighted by Crippen LogP contribution is -2.47. The molecule has 2 nitrogen and oxygen atoms in total. The third-order valence-electron chi connectivity index (χ3n) is 3.97. The summed E-state index contributed by atoms with van der Waals surface area (Å²) in [7, 11) is 0. The van der Waals surface area contributed by atoms with Crippen LogP contribution in [0, 0.1) is 0 Å². The average Bonchev–Trinajstić information content (AvgIpc) is 2.41. The predicted molar refractivity (Wildman–Crippen MR) is 76.9 cm³/mol. The molecular formula is C14H16Cl2F3NO. The van der Waals surface area contributed by atoms with Gasteiger partial charge in [-0.25, -0.2) is 0 Å². The molecule has 2 N–H and O–H groups in total. The van der Waals surface area contributed by atoms with Crippen LogP contribution >= 0.6 is 23.2 Å². The zero-order valence-electron chi connectivity index (χ0n) is 11.2. The monoisotopic (exact) mass is 341 g/mol. The van der Waals surface area contributed by atoms with Crippen molar-refractivity contribution < 1.29 is 18.3 Å². The van der Waals surface area contributed by atoms with E-state index in [0.717, 1.165) is 13.0 Å². The van der Waals surface area contributed by atoms with Crippen LogP contribution in [0.15, 0.2) is 18.2 Å².